The number of carbonyl (C=O) groups excluding carboxylic acids is 2. The van der Waals surface area contributed by atoms with E-state index in [1.54, 1.807) is 36.3 Å². The van der Waals surface area contributed by atoms with Crippen LogP contribution in [0.1, 0.15) is 40.7 Å². The molecule has 2 fully saturated rings. The van der Waals surface area contributed by atoms with Gasteiger partial charge in [0.2, 0.25) is 5.91 Å². The van der Waals surface area contributed by atoms with Gasteiger partial charge in [0.25, 0.3) is 5.91 Å². The molecule has 2 amide bonds. The number of hydrogen-bond acceptors (Lipinski definition) is 6. The number of ether oxygens (including phenoxy) is 2. The van der Waals surface area contributed by atoms with Crippen LogP contribution in [0.2, 0.25) is 0 Å². The molecule has 2 aromatic carbocycles. The highest BCUT2D eigenvalue weighted by Crippen LogP contribution is 2.28. The first kappa shape index (κ1) is 26.1. The lowest BCUT2D eigenvalue weighted by molar-refractivity contribution is -0.124. The molecule has 2 saturated heterocycles. The Morgan fingerprint density at radius 3 is 2.72 bits per heavy atom. The number of methoxy groups -OCH3 is 1. The van der Waals surface area contributed by atoms with Gasteiger partial charge in [0.05, 0.1) is 13.2 Å². The minimum absolute atomic E-state index is 0.0266. The van der Waals surface area contributed by atoms with Crippen molar-refractivity contribution in [3.8, 4) is 5.75 Å². The van der Waals surface area contributed by atoms with Crippen molar-refractivity contribution in [2.24, 2.45) is 5.73 Å². The van der Waals surface area contributed by atoms with E-state index in [9.17, 15) is 9.59 Å². The fourth-order valence-electron chi connectivity index (χ4n) is 5.11. The highest BCUT2D eigenvalue weighted by Gasteiger charge is 2.42. The molecule has 3 unspecified atom stereocenters. The fraction of sp³-hybridized carbons (Fsp3) is 0.500. The summed E-state index contributed by atoms with van der Waals surface area (Å²) in [6.45, 7) is 5.58. The molecule has 8 nitrogen and oxygen atoms in total. The lowest BCUT2D eigenvalue weighted by Gasteiger charge is -2.31. The van der Waals surface area contributed by atoms with Gasteiger partial charge >= 0.3 is 0 Å². The SMILES string of the molecule is COc1cccc(C(=O)N2CC(N(Cc3ccc(C)cc3)CC3CCCO3)CC2C(=O)NCCN)c1. The van der Waals surface area contributed by atoms with Crippen molar-refractivity contribution >= 4 is 11.8 Å². The molecule has 0 bridgehead atoms. The summed E-state index contributed by atoms with van der Waals surface area (Å²) in [7, 11) is 1.58. The van der Waals surface area contributed by atoms with Gasteiger partial charge in [-0.05, 0) is 49.9 Å². The summed E-state index contributed by atoms with van der Waals surface area (Å²) in [4.78, 5) is 30.9. The van der Waals surface area contributed by atoms with Gasteiger partial charge in [-0.2, -0.15) is 0 Å². The second kappa shape index (κ2) is 12.3. The number of nitrogens with one attached hydrogen (secondary N) is 1. The number of benzene rings is 2. The summed E-state index contributed by atoms with van der Waals surface area (Å²) >= 11 is 0. The zero-order chi connectivity index (χ0) is 25.5. The first-order chi connectivity index (χ1) is 17.5. The Balaban J connectivity index is 1.59. The summed E-state index contributed by atoms with van der Waals surface area (Å²) in [5.74, 6) is 0.281. The van der Waals surface area contributed by atoms with Crippen molar-refractivity contribution in [3.63, 3.8) is 0 Å². The summed E-state index contributed by atoms with van der Waals surface area (Å²) in [5.41, 5.74) is 8.56. The number of likely N-dealkylation sites (tertiary alicyclic amines) is 1. The van der Waals surface area contributed by atoms with Crippen LogP contribution in [-0.2, 0) is 16.1 Å². The second-order valence-electron chi connectivity index (χ2n) is 9.72. The average Bonchev–Trinajstić information content (AvgIpc) is 3.58. The van der Waals surface area contributed by atoms with Gasteiger partial charge in [0.1, 0.15) is 11.8 Å². The van der Waals surface area contributed by atoms with Gasteiger partial charge in [0.15, 0.2) is 0 Å². The van der Waals surface area contributed by atoms with E-state index >= 15 is 0 Å². The Hall–Kier alpha value is -2.94. The molecule has 2 aliphatic rings. The highest BCUT2D eigenvalue weighted by molar-refractivity contribution is 5.98. The maximum absolute atomic E-state index is 13.6. The molecular weight excluding hydrogens is 456 g/mol. The van der Waals surface area contributed by atoms with Crippen LogP contribution in [0.3, 0.4) is 0 Å². The Morgan fingerprint density at radius 2 is 2.03 bits per heavy atom. The van der Waals surface area contributed by atoms with E-state index in [1.165, 1.54) is 11.1 Å². The number of nitrogens with zero attached hydrogens (tertiary/aromatic N) is 2. The average molecular weight is 495 g/mol. The van der Waals surface area contributed by atoms with E-state index in [-0.39, 0.29) is 24.0 Å². The lowest BCUT2D eigenvalue weighted by atomic mass is 10.1. The lowest BCUT2D eigenvalue weighted by Crippen LogP contribution is -2.47. The predicted molar refractivity (Wildman–Crippen MR) is 139 cm³/mol. The molecule has 2 aliphatic heterocycles. The summed E-state index contributed by atoms with van der Waals surface area (Å²) in [6.07, 6.45) is 2.83. The van der Waals surface area contributed by atoms with Crippen LogP contribution in [0.25, 0.3) is 0 Å². The van der Waals surface area contributed by atoms with Gasteiger partial charge in [-0.1, -0.05) is 35.9 Å². The zero-order valence-electron chi connectivity index (χ0n) is 21.3. The van der Waals surface area contributed by atoms with Crippen LogP contribution < -0.4 is 15.8 Å². The number of amides is 2. The Morgan fingerprint density at radius 1 is 1.22 bits per heavy atom. The van der Waals surface area contributed by atoms with E-state index < -0.39 is 6.04 Å². The molecule has 0 spiro atoms. The Bertz CT molecular complexity index is 1020. The third-order valence-electron chi connectivity index (χ3n) is 7.09. The van der Waals surface area contributed by atoms with Crippen molar-refractivity contribution in [2.45, 2.75) is 50.9 Å². The van der Waals surface area contributed by atoms with Crippen molar-refractivity contribution in [1.82, 2.24) is 15.1 Å². The number of aryl methyl sites for hydroxylation is 1. The van der Waals surface area contributed by atoms with Crippen LogP contribution in [0.5, 0.6) is 5.75 Å². The van der Waals surface area contributed by atoms with Gasteiger partial charge in [-0.3, -0.25) is 14.5 Å². The molecule has 2 heterocycles. The summed E-state index contributed by atoms with van der Waals surface area (Å²) in [6, 6.07) is 15.1. The van der Waals surface area contributed by atoms with Gasteiger partial charge in [0, 0.05) is 50.9 Å². The number of rotatable bonds is 10. The molecule has 3 atom stereocenters. The molecule has 8 heteroatoms. The van der Waals surface area contributed by atoms with Crippen molar-refractivity contribution in [2.75, 3.05) is 39.9 Å². The first-order valence-electron chi connectivity index (χ1n) is 12.8. The fourth-order valence-corrected chi connectivity index (χ4v) is 5.11. The zero-order valence-corrected chi connectivity index (χ0v) is 21.3. The summed E-state index contributed by atoms with van der Waals surface area (Å²) in [5, 5.41) is 2.90. The topological polar surface area (TPSA) is 97.1 Å². The van der Waals surface area contributed by atoms with Crippen molar-refractivity contribution in [3.05, 3.63) is 65.2 Å². The quantitative estimate of drug-likeness (QED) is 0.526. The largest absolute Gasteiger partial charge is 0.497 e. The van der Waals surface area contributed by atoms with Crippen LogP contribution in [-0.4, -0.2) is 79.7 Å². The molecule has 3 N–H and O–H groups in total. The molecule has 0 aliphatic carbocycles. The van der Waals surface area contributed by atoms with E-state index in [2.05, 4.69) is 41.4 Å². The maximum atomic E-state index is 13.6. The number of nitrogens with two attached hydrogens (primary N) is 1. The monoisotopic (exact) mass is 494 g/mol. The van der Waals surface area contributed by atoms with Gasteiger partial charge in [-0.25, -0.2) is 0 Å². The normalized spacial score (nSPS) is 21.7. The molecule has 4 rings (SSSR count). The maximum Gasteiger partial charge on any atom is 0.254 e. The number of carbonyl (C=O) groups is 2. The van der Waals surface area contributed by atoms with Gasteiger partial charge in [-0.15, -0.1) is 0 Å². The highest BCUT2D eigenvalue weighted by atomic mass is 16.5. The molecule has 0 aromatic heterocycles. The molecule has 0 saturated carbocycles. The predicted octanol–water partition coefficient (Wildman–Crippen LogP) is 2.34. The van der Waals surface area contributed by atoms with Gasteiger partial charge < -0.3 is 25.4 Å². The molecule has 194 valence electrons. The van der Waals surface area contributed by atoms with E-state index in [0.717, 1.165) is 32.5 Å². The number of hydrogen-bond donors (Lipinski definition) is 2. The van der Waals surface area contributed by atoms with Crippen molar-refractivity contribution < 1.29 is 19.1 Å². The smallest absolute Gasteiger partial charge is 0.254 e. The van der Waals surface area contributed by atoms with Crippen LogP contribution in [0.15, 0.2) is 48.5 Å². The third kappa shape index (κ3) is 6.43. The summed E-state index contributed by atoms with van der Waals surface area (Å²) < 4.78 is 11.3. The van der Waals surface area contributed by atoms with Crippen LogP contribution in [0, 0.1) is 6.92 Å². The molecule has 36 heavy (non-hydrogen) atoms. The Labute approximate surface area is 213 Å². The minimum Gasteiger partial charge on any atom is -0.497 e. The van der Waals surface area contributed by atoms with Crippen LogP contribution in [0.4, 0.5) is 0 Å². The van der Waals surface area contributed by atoms with Crippen LogP contribution >= 0.6 is 0 Å². The van der Waals surface area contributed by atoms with E-state index in [4.69, 9.17) is 15.2 Å². The standard InChI is InChI=1S/C28H38N4O4/c1-20-8-10-21(11-9-20)17-31(19-25-7-4-14-36-25)23-16-26(27(33)30-13-12-29)32(18-23)28(34)22-5-3-6-24(15-22)35-2/h3,5-6,8-11,15,23,25-26H,4,7,12-14,16-19,29H2,1-2H3,(H,30,33). The third-order valence-corrected chi connectivity index (χ3v) is 7.09. The molecule has 2 aromatic rings. The molecule has 0 radical (unpaired) electrons. The second-order valence-corrected chi connectivity index (χ2v) is 9.72. The first-order valence-corrected chi connectivity index (χ1v) is 12.8. The van der Waals surface area contributed by atoms with E-state index in [0.29, 0.717) is 37.4 Å². The van der Waals surface area contributed by atoms with E-state index in [1.807, 2.05) is 0 Å². The minimum atomic E-state index is -0.565. The van der Waals surface area contributed by atoms with Crippen molar-refractivity contribution in [1.29, 1.82) is 0 Å². The molecular formula is C28H38N4O4. The Kier molecular flexibility index (Phi) is 8.96.